The average molecular weight is 286 g/mol. The largest absolute Gasteiger partial charge is 0.0851 e. The van der Waals surface area contributed by atoms with Crippen molar-refractivity contribution in [1.82, 2.24) is 0 Å². The Balaban J connectivity index is 1.66. The summed E-state index contributed by atoms with van der Waals surface area (Å²) in [7, 11) is 0. The lowest BCUT2D eigenvalue weighted by Gasteiger charge is -2.41. The van der Waals surface area contributed by atoms with E-state index in [1.165, 1.54) is 43.2 Å². The van der Waals surface area contributed by atoms with Gasteiger partial charge in [0.1, 0.15) is 0 Å². The highest BCUT2D eigenvalue weighted by atomic mass is 14.5. The Labute approximate surface area is 132 Å². The average Bonchev–Trinajstić information content (AvgIpc) is 3.17. The summed E-state index contributed by atoms with van der Waals surface area (Å²) in [6.45, 7) is 0. The van der Waals surface area contributed by atoms with E-state index in [0.717, 1.165) is 11.8 Å². The molecule has 2 bridgehead atoms. The number of benzene rings is 2. The van der Waals surface area contributed by atoms with Crippen LogP contribution < -0.4 is 0 Å². The third kappa shape index (κ3) is 1.70. The summed E-state index contributed by atoms with van der Waals surface area (Å²) in [6.07, 6.45) is 11.8. The number of allylic oxidation sites excluding steroid dienone is 2. The molecule has 1 saturated carbocycles. The third-order valence-electron chi connectivity index (χ3n) is 6.33. The van der Waals surface area contributed by atoms with Gasteiger partial charge in [-0.1, -0.05) is 60.7 Å². The monoisotopic (exact) mass is 286 g/mol. The molecule has 0 heterocycles. The lowest BCUT2D eigenvalue weighted by atomic mass is 9.63. The van der Waals surface area contributed by atoms with Crippen LogP contribution in [0, 0.1) is 11.8 Å². The smallest absolute Gasteiger partial charge is 0.00246 e. The summed E-state index contributed by atoms with van der Waals surface area (Å²) in [6, 6.07) is 18.1. The Morgan fingerprint density at radius 1 is 0.909 bits per heavy atom. The van der Waals surface area contributed by atoms with Crippen LogP contribution in [0.4, 0.5) is 0 Å². The van der Waals surface area contributed by atoms with E-state index in [-0.39, 0.29) is 0 Å². The van der Waals surface area contributed by atoms with E-state index in [1.807, 2.05) is 0 Å². The molecule has 0 nitrogen and oxygen atoms in total. The van der Waals surface area contributed by atoms with E-state index in [9.17, 15) is 0 Å². The molecule has 3 unspecified atom stereocenters. The van der Waals surface area contributed by atoms with Crippen LogP contribution in [0.3, 0.4) is 0 Å². The lowest BCUT2D eigenvalue weighted by Crippen LogP contribution is -2.35. The summed E-state index contributed by atoms with van der Waals surface area (Å²) < 4.78 is 0. The Bertz CT molecular complexity index is 740. The normalized spacial score (nSPS) is 31.6. The number of aryl methyl sites for hydroxylation is 1. The first-order chi connectivity index (χ1) is 10.9. The van der Waals surface area contributed by atoms with Crippen molar-refractivity contribution in [1.29, 1.82) is 0 Å². The first kappa shape index (κ1) is 12.7. The molecule has 22 heavy (non-hydrogen) atoms. The second-order valence-electron chi connectivity index (χ2n) is 7.44. The second-order valence-corrected chi connectivity index (χ2v) is 7.44. The molecule has 0 amide bonds. The van der Waals surface area contributed by atoms with Crippen molar-refractivity contribution in [3.63, 3.8) is 0 Å². The number of fused-ring (bicyclic) bond motifs is 5. The predicted molar refractivity (Wildman–Crippen MR) is 91.8 cm³/mol. The second kappa shape index (κ2) is 4.59. The first-order valence-electron chi connectivity index (χ1n) is 8.72. The van der Waals surface area contributed by atoms with Gasteiger partial charge in [-0.15, -0.1) is 0 Å². The molecule has 2 aromatic rings. The topological polar surface area (TPSA) is 0 Å². The van der Waals surface area contributed by atoms with Crippen molar-refractivity contribution in [2.45, 2.75) is 37.5 Å². The molecule has 3 aliphatic rings. The van der Waals surface area contributed by atoms with Gasteiger partial charge in [0, 0.05) is 5.41 Å². The van der Waals surface area contributed by atoms with Crippen LogP contribution in [0.15, 0.2) is 60.7 Å². The zero-order valence-corrected chi connectivity index (χ0v) is 13.0. The van der Waals surface area contributed by atoms with Crippen molar-refractivity contribution in [2.75, 3.05) is 0 Å². The van der Waals surface area contributed by atoms with Crippen molar-refractivity contribution in [2.24, 2.45) is 11.8 Å². The molecule has 0 N–H and O–H groups in total. The Morgan fingerprint density at radius 2 is 1.82 bits per heavy atom. The third-order valence-corrected chi connectivity index (χ3v) is 6.33. The van der Waals surface area contributed by atoms with Crippen LogP contribution in [0.25, 0.3) is 11.1 Å². The van der Waals surface area contributed by atoms with Gasteiger partial charge in [-0.2, -0.15) is 0 Å². The van der Waals surface area contributed by atoms with Crippen LogP contribution in [-0.4, -0.2) is 0 Å². The van der Waals surface area contributed by atoms with Gasteiger partial charge in [0.05, 0.1) is 0 Å². The fraction of sp³-hybridized carbons (Fsp3) is 0.364. The highest BCUT2D eigenvalue weighted by Gasteiger charge is 2.50. The minimum Gasteiger partial charge on any atom is -0.0851 e. The van der Waals surface area contributed by atoms with Crippen LogP contribution >= 0.6 is 0 Å². The van der Waals surface area contributed by atoms with Crippen LogP contribution in [0.5, 0.6) is 0 Å². The molecule has 1 fully saturated rings. The van der Waals surface area contributed by atoms with E-state index < -0.39 is 0 Å². The fourth-order valence-corrected chi connectivity index (χ4v) is 5.35. The maximum Gasteiger partial charge on any atom is 0.00246 e. The van der Waals surface area contributed by atoms with Crippen molar-refractivity contribution >= 4 is 0 Å². The molecule has 2 aromatic carbocycles. The molecule has 0 heteroatoms. The van der Waals surface area contributed by atoms with E-state index in [2.05, 4.69) is 60.7 Å². The predicted octanol–water partition coefficient (Wildman–Crippen LogP) is 5.52. The first-order valence-corrected chi connectivity index (χ1v) is 8.72. The summed E-state index contributed by atoms with van der Waals surface area (Å²) in [4.78, 5) is 0. The highest BCUT2D eigenvalue weighted by Crippen LogP contribution is 2.58. The number of hydrogen-bond donors (Lipinski definition) is 0. The molecule has 0 radical (unpaired) electrons. The molecule has 110 valence electrons. The Hall–Kier alpha value is -1.82. The van der Waals surface area contributed by atoms with Crippen LogP contribution in [-0.2, 0) is 11.8 Å². The lowest BCUT2D eigenvalue weighted by molar-refractivity contribution is 0.303. The molecular weight excluding hydrogens is 264 g/mol. The maximum absolute atomic E-state index is 2.53. The zero-order chi connectivity index (χ0) is 14.6. The van der Waals surface area contributed by atoms with E-state index in [4.69, 9.17) is 0 Å². The quantitative estimate of drug-likeness (QED) is 0.605. The molecule has 5 rings (SSSR count). The number of hydrogen-bond acceptors (Lipinski definition) is 0. The van der Waals surface area contributed by atoms with E-state index >= 15 is 0 Å². The minimum absolute atomic E-state index is 0.456. The minimum atomic E-state index is 0.456. The molecule has 3 atom stereocenters. The molecular formula is C22H22. The van der Waals surface area contributed by atoms with Crippen LogP contribution in [0.1, 0.15) is 36.8 Å². The van der Waals surface area contributed by atoms with Gasteiger partial charge >= 0.3 is 0 Å². The summed E-state index contributed by atoms with van der Waals surface area (Å²) in [5, 5.41) is 0. The van der Waals surface area contributed by atoms with Gasteiger partial charge in [-0.3, -0.25) is 0 Å². The molecule has 0 aliphatic heterocycles. The summed E-state index contributed by atoms with van der Waals surface area (Å²) >= 11 is 0. The molecule has 0 saturated heterocycles. The van der Waals surface area contributed by atoms with Crippen molar-refractivity contribution < 1.29 is 0 Å². The van der Waals surface area contributed by atoms with Gasteiger partial charge in [0.15, 0.2) is 0 Å². The van der Waals surface area contributed by atoms with Gasteiger partial charge < -0.3 is 0 Å². The fourth-order valence-electron chi connectivity index (χ4n) is 5.35. The van der Waals surface area contributed by atoms with Gasteiger partial charge in [-0.25, -0.2) is 0 Å². The van der Waals surface area contributed by atoms with E-state index in [1.54, 1.807) is 11.1 Å². The van der Waals surface area contributed by atoms with Gasteiger partial charge in [0.25, 0.3) is 0 Å². The maximum atomic E-state index is 2.53. The summed E-state index contributed by atoms with van der Waals surface area (Å²) in [5.74, 6) is 1.64. The molecule has 1 spiro atoms. The van der Waals surface area contributed by atoms with Gasteiger partial charge in [0.2, 0.25) is 0 Å². The Morgan fingerprint density at radius 3 is 2.59 bits per heavy atom. The Kier molecular flexibility index (Phi) is 2.65. The standard InChI is InChI=1S/C22H22/c1-2-5-17(6-3-1)19-10-9-18-7-4-12-22(21(18)14-19)15-16-8-11-20(22)13-16/h1-3,5-6,8-11,14,16,20H,4,7,12-13,15H2. The van der Waals surface area contributed by atoms with Crippen LogP contribution in [0.2, 0.25) is 0 Å². The van der Waals surface area contributed by atoms with Crippen molar-refractivity contribution in [3.05, 3.63) is 71.8 Å². The van der Waals surface area contributed by atoms with Gasteiger partial charge in [-0.05, 0) is 66.2 Å². The van der Waals surface area contributed by atoms with Crippen molar-refractivity contribution in [3.8, 4) is 11.1 Å². The SMILES string of the molecule is C1=CC2CC1CC21CCCc2ccc(-c3ccccc3)cc21. The summed E-state index contributed by atoms with van der Waals surface area (Å²) in [5.41, 5.74) is 6.50. The highest BCUT2D eigenvalue weighted by molar-refractivity contribution is 5.66. The molecule has 3 aliphatic carbocycles. The number of rotatable bonds is 1. The zero-order valence-electron chi connectivity index (χ0n) is 13.0. The van der Waals surface area contributed by atoms with E-state index in [0.29, 0.717) is 5.41 Å². The molecule has 0 aromatic heterocycles.